The third-order valence-electron chi connectivity index (χ3n) is 3.26. The molecule has 0 saturated carbocycles. The number of anilines is 1. The molecule has 0 atom stereocenters. The van der Waals surface area contributed by atoms with Gasteiger partial charge in [-0.15, -0.1) is 0 Å². The highest BCUT2D eigenvalue weighted by Gasteiger charge is 2.04. The molecule has 0 fully saturated rings. The first-order valence-electron chi connectivity index (χ1n) is 7.42. The van der Waals surface area contributed by atoms with Crippen molar-refractivity contribution in [2.45, 2.75) is 19.8 Å². The molecule has 0 amide bonds. The highest BCUT2D eigenvalue weighted by Crippen LogP contribution is 2.14. The van der Waals surface area contributed by atoms with E-state index < -0.39 is 0 Å². The van der Waals surface area contributed by atoms with Crippen LogP contribution in [0.2, 0.25) is 0 Å². The summed E-state index contributed by atoms with van der Waals surface area (Å²) >= 11 is 0. The molecule has 0 bridgehead atoms. The standard InChI is InChI=1S/C16H28N2O2/c1-4-5-10-18(11-13-19-3)12-14-20-16-8-6-15(17-2)7-9-16/h6-9,17H,4-5,10-14H2,1-3H3. The van der Waals surface area contributed by atoms with Crippen molar-refractivity contribution >= 4 is 5.69 Å². The summed E-state index contributed by atoms with van der Waals surface area (Å²) in [5.74, 6) is 0.922. The van der Waals surface area contributed by atoms with E-state index >= 15 is 0 Å². The van der Waals surface area contributed by atoms with E-state index in [4.69, 9.17) is 9.47 Å². The summed E-state index contributed by atoms with van der Waals surface area (Å²) in [4.78, 5) is 2.40. The van der Waals surface area contributed by atoms with Crippen molar-refractivity contribution in [3.63, 3.8) is 0 Å². The molecule has 4 nitrogen and oxygen atoms in total. The summed E-state index contributed by atoms with van der Waals surface area (Å²) in [6.07, 6.45) is 2.44. The van der Waals surface area contributed by atoms with E-state index in [2.05, 4.69) is 17.1 Å². The molecule has 0 aromatic heterocycles. The fourth-order valence-electron chi connectivity index (χ4n) is 1.95. The van der Waals surface area contributed by atoms with Crippen LogP contribution in [0.4, 0.5) is 5.69 Å². The number of ether oxygens (including phenoxy) is 2. The first kappa shape index (κ1) is 16.8. The van der Waals surface area contributed by atoms with E-state index in [1.807, 2.05) is 31.3 Å². The van der Waals surface area contributed by atoms with Gasteiger partial charge in [0, 0.05) is 32.9 Å². The molecule has 1 N–H and O–H groups in total. The zero-order valence-electron chi connectivity index (χ0n) is 13.0. The minimum Gasteiger partial charge on any atom is -0.492 e. The maximum Gasteiger partial charge on any atom is 0.119 e. The molecule has 0 radical (unpaired) electrons. The summed E-state index contributed by atoms with van der Waals surface area (Å²) in [7, 11) is 3.66. The predicted molar refractivity (Wildman–Crippen MR) is 84.7 cm³/mol. The van der Waals surface area contributed by atoms with Crippen molar-refractivity contribution in [3.05, 3.63) is 24.3 Å². The Kier molecular flexibility index (Phi) is 8.83. The van der Waals surface area contributed by atoms with E-state index in [0.29, 0.717) is 6.61 Å². The van der Waals surface area contributed by atoms with Crippen LogP contribution in [-0.4, -0.2) is 51.9 Å². The Balaban J connectivity index is 2.30. The lowest BCUT2D eigenvalue weighted by Gasteiger charge is -2.21. The topological polar surface area (TPSA) is 33.7 Å². The van der Waals surface area contributed by atoms with Crippen LogP contribution in [0.15, 0.2) is 24.3 Å². The fraction of sp³-hybridized carbons (Fsp3) is 0.625. The van der Waals surface area contributed by atoms with Crippen molar-refractivity contribution in [1.29, 1.82) is 0 Å². The van der Waals surface area contributed by atoms with Crippen LogP contribution >= 0.6 is 0 Å². The number of hydrogen-bond donors (Lipinski definition) is 1. The minimum atomic E-state index is 0.715. The number of methoxy groups -OCH3 is 1. The molecule has 1 aromatic rings. The third-order valence-corrected chi connectivity index (χ3v) is 3.26. The van der Waals surface area contributed by atoms with Crippen LogP contribution in [0, 0.1) is 0 Å². The molecule has 4 heteroatoms. The lowest BCUT2D eigenvalue weighted by atomic mass is 10.3. The molecule has 1 aromatic carbocycles. The lowest BCUT2D eigenvalue weighted by Crippen LogP contribution is -2.32. The van der Waals surface area contributed by atoms with Crippen molar-refractivity contribution in [1.82, 2.24) is 4.90 Å². The normalized spacial score (nSPS) is 10.8. The van der Waals surface area contributed by atoms with E-state index in [-0.39, 0.29) is 0 Å². The number of nitrogens with one attached hydrogen (secondary N) is 1. The SMILES string of the molecule is CCCCN(CCOC)CCOc1ccc(NC)cc1. The van der Waals surface area contributed by atoms with Crippen LogP contribution in [0.1, 0.15) is 19.8 Å². The first-order valence-corrected chi connectivity index (χ1v) is 7.42. The molecule has 0 aliphatic rings. The molecule has 0 spiro atoms. The molecule has 0 aliphatic heterocycles. The zero-order chi connectivity index (χ0) is 14.6. The van der Waals surface area contributed by atoms with Gasteiger partial charge in [0.1, 0.15) is 12.4 Å². The van der Waals surface area contributed by atoms with Gasteiger partial charge in [-0.2, -0.15) is 0 Å². The van der Waals surface area contributed by atoms with E-state index in [1.165, 1.54) is 12.8 Å². The van der Waals surface area contributed by atoms with Crippen LogP contribution in [0.5, 0.6) is 5.75 Å². The van der Waals surface area contributed by atoms with Crippen LogP contribution in [-0.2, 0) is 4.74 Å². The highest BCUT2D eigenvalue weighted by molar-refractivity contribution is 5.45. The van der Waals surface area contributed by atoms with E-state index in [9.17, 15) is 0 Å². The minimum absolute atomic E-state index is 0.715. The highest BCUT2D eigenvalue weighted by atomic mass is 16.5. The Labute approximate surface area is 123 Å². The van der Waals surface area contributed by atoms with E-state index in [0.717, 1.165) is 37.7 Å². The lowest BCUT2D eigenvalue weighted by molar-refractivity contribution is 0.134. The molecule has 0 heterocycles. The Hall–Kier alpha value is -1.26. The third kappa shape index (κ3) is 6.78. The molecule has 0 aliphatic carbocycles. The largest absolute Gasteiger partial charge is 0.492 e. The van der Waals surface area contributed by atoms with Crippen molar-refractivity contribution in [2.24, 2.45) is 0 Å². The first-order chi connectivity index (χ1) is 9.80. The molecule has 1 rings (SSSR count). The van der Waals surface area contributed by atoms with Crippen LogP contribution in [0.3, 0.4) is 0 Å². The van der Waals surface area contributed by atoms with Gasteiger partial charge in [0.15, 0.2) is 0 Å². The summed E-state index contributed by atoms with van der Waals surface area (Å²) in [5, 5.41) is 3.10. The number of unbranched alkanes of at least 4 members (excludes halogenated alkanes) is 1. The number of hydrogen-bond acceptors (Lipinski definition) is 4. The van der Waals surface area contributed by atoms with Crippen LogP contribution in [0.25, 0.3) is 0 Å². The fourth-order valence-corrected chi connectivity index (χ4v) is 1.95. The summed E-state index contributed by atoms with van der Waals surface area (Å²) in [6.45, 7) is 6.73. The Bertz CT molecular complexity index is 333. The summed E-state index contributed by atoms with van der Waals surface area (Å²) in [5.41, 5.74) is 1.10. The van der Waals surface area contributed by atoms with Gasteiger partial charge in [0.25, 0.3) is 0 Å². The molecule has 114 valence electrons. The average molecular weight is 280 g/mol. The Morgan fingerprint density at radius 1 is 1.05 bits per heavy atom. The van der Waals surface area contributed by atoms with Gasteiger partial charge < -0.3 is 14.8 Å². The van der Waals surface area contributed by atoms with Gasteiger partial charge in [-0.1, -0.05) is 13.3 Å². The Morgan fingerprint density at radius 3 is 2.35 bits per heavy atom. The monoisotopic (exact) mass is 280 g/mol. The van der Waals surface area contributed by atoms with Gasteiger partial charge in [-0.05, 0) is 37.2 Å². The van der Waals surface area contributed by atoms with Gasteiger partial charge in [-0.25, -0.2) is 0 Å². The predicted octanol–water partition coefficient (Wildman–Crippen LogP) is 2.86. The quantitative estimate of drug-likeness (QED) is 0.676. The molecular weight excluding hydrogens is 252 g/mol. The maximum absolute atomic E-state index is 5.79. The van der Waals surface area contributed by atoms with Crippen molar-refractivity contribution in [2.75, 3.05) is 52.3 Å². The molecule has 0 unspecified atom stereocenters. The van der Waals surface area contributed by atoms with Crippen LogP contribution < -0.4 is 10.1 Å². The maximum atomic E-state index is 5.79. The second-order valence-corrected chi connectivity index (χ2v) is 4.81. The van der Waals surface area contributed by atoms with Crippen molar-refractivity contribution < 1.29 is 9.47 Å². The number of rotatable bonds is 11. The molecule has 20 heavy (non-hydrogen) atoms. The zero-order valence-corrected chi connectivity index (χ0v) is 13.0. The Morgan fingerprint density at radius 2 is 1.75 bits per heavy atom. The number of benzene rings is 1. The van der Waals surface area contributed by atoms with E-state index in [1.54, 1.807) is 7.11 Å². The van der Waals surface area contributed by atoms with Gasteiger partial charge in [0.05, 0.1) is 6.61 Å². The van der Waals surface area contributed by atoms with Gasteiger partial charge >= 0.3 is 0 Å². The van der Waals surface area contributed by atoms with Crippen molar-refractivity contribution in [3.8, 4) is 5.75 Å². The number of nitrogens with zero attached hydrogens (tertiary/aromatic N) is 1. The molecular formula is C16H28N2O2. The summed E-state index contributed by atoms with van der Waals surface area (Å²) in [6, 6.07) is 8.04. The second-order valence-electron chi connectivity index (χ2n) is 4.81. The van der Waals surface area contributed by atoms with Gasteiger partial charge in [0.2, 0.25) is 0 Å². The molecule has 0 saturated heterocycles. The van der Waals surface area contributed by atoms with Gasteiger partial charge in [-0.3, -0.25) is 4.90 Å². The summed E-state index contributed by atoms with van der Waals surface area (Å²) < 4.78 is 10.9. The smallest absolute Gasteiger partial charge is 0.119 e. The average Bonchev–Trinajstić information content (AvgIpc) is 2.50. The second kappa shape index (κ2) is 10.5.